The maximum atomic E-state index is 13.1. The highest BCUT2D eigenvalue weighted by molar-refractivity contribution is 5.76. The zero-order valence-corrected chi connectivity index (χ0v) is 11.8. The number of nitrogens with two attached hydrogens (primary N) is 1. The summed E-state index contributed by atoms with van der Waals surface area (Å²) < 4.78 is 13.1. The molecule has 3 nitrogen and oxygen atoms in total. The second-order valence-electron chi connectivity index (χ2n) is 5.66. The van der Waals surface area contributed by atoms with Gasteiger partial charge in [-0.2, -0.15) is 0 Å². The highest BCUT2D eigenvalue weighted by Gasteiger charge is 2.35. The molecule has 1 aliphatic rings. The number of rotatable bonds is 6. The molecule has 110 valence electrons. The van der Waals surface area contributed by atoms with Gasteiger partial charge < -0.3 is 11.1 Å². The van der Waals surface area contributed by atoms with Crippen LogP contribution in [0, 0.1) is 5.82 Å². The van der Waals surface area contributed by atoms with Crippen molar-refractivity contribution in [3.8, 4) is 0 Å². The van der Waals surface area contributed by atoms with E-state index in [9.17, 15) is 9.18 Å². The molecule has 0 aromatic heterocycles. The summed E-state index contributed by atoms with van der Waals surface area (Å²) >= 11 is 0. The minimum atomic E-state index is -0.214. The van der Waals surface area contributed by atoms with E-state index in [1.807, 2.05) is 12.1 Å². The van der Waals surface area contributed by atoms with Crippen LogP contribution in [0.1, 0.15) is 44.1 Å². The van der Waals surface area contributed by atoms with Crippen molar-refractivity contribution in [1.29, 1.82) is 0 Å². The largest absolute Gasteiger partial charge is 0.355 e. The number of nitrogens with one attached hydrogen (secondary N) is 1. The lowest BCUT2D eigenvalue weighted by Crippen LogP contribution is -2.39. The van der Waals surface area contributed by atoms with Crippen molar-refractivity contribution in [3.05, 3.63) is 35.6 Å². The lowest BCUT2D eigenvalue weighted by Gasteiger charge is -2.30. The molecule has 0 unspecified atom stereocenters. The number of carbonyl (C=O) groups excluding carboxylic acids is 1. The Labute approximate surface area is 119 Å². The Morgan fingerprint density at radius 1 is 1.25 bits per heavy atom. The van der Waals surface area contributed by atoms with Gasteiger partial charge in [0.15, 0.2) is 0 Å². The number of hydrogen-bond donors (Lipinski definition) is 2. The van der Waals surface area contributed by atoms with Crippen LogP contribution >= 0.6 is 0 Å². The Balaban J connectivity index is 2.02. The first kappa shape index (κ1) is 15.0. The summed E-state index contributed by atoms with van der Waals surface area (Å²) in [5, 5.41) is 3.03. The molecule has 0 spiro atoms. The van der Waals surface area contributed by atoms with Gasteiger partial charge in [0.1, 0.15) is 5.82 Å². The van der Waals surface area contributed by atoms with Crippen LogP contribution in [-0.4, -0.2) is 19.0 Å². The summed E-state index contributed by atoms with van der Waals surface area (Å²) in [5.41, 5.74) is 6.52. The van der Waals surface area contributed by atoms with E-state index in [0.29, 0.717) is 19.5 Å². The zero-order chi connectivity index (χ0) is 14.4. The Morgan fingerprint density at radius 3 is 2.50 bits per heavy atom. The number of amides is 1. The van der Waals surface area contributed by atoms with Gasteiger partial charge in [-0.05, 0) is 43.5 Å². The maximum absolute atomic E-state index is 13.1. The first-order valence-electron chi connectivity index (χ1n) is 7.39. The third-order valence-corrected chi connectivity index (χ3v) is 4.25. The van der Waals surface area contributed by atoms with Crippen LogP contribution in [0.25, 0.3) is 0 Å². The molecular weight excluding hydrogens is 255 g/mol. The molecule has 1 aromatic carbocycles. The Hall–Kier alpha value is -1.42. The van der Waals surface area contributed by atoms with Gasteiger partial charge in [-0.1, -0.05) is 25.0 Å². The average Bonchev–Trinajstić information content (AvgIpc) is 2.93. The maximum Gasteiger partial charge on any atom is 0.220 e. The fourth-order valence-corrected chi connectivity index (χ4v) is 3.04. The van der Waals surface area contributed by atoms with E-state index in [-0.39, 0.29) is 17.1 Å². The molecule has 4 heteroatoms. The van der Waals surface area contributed by atoms with E-state index in [1.54, 1.807) is 0 Å². The van der Waals surface area contributed by atoms with Crippen LogP contribution in [0.5, 0.6) is 0 Å². The quantitative estimate of drug-likeness (QED) is 0.840. The molecule has 20 heavy (non-hydrogen) atoms. The summed E-state index contributed by atoms with van der Waals surface area (Å²) in [4.78, 5) is 11.8. The van der Waals surface area contributed by atoms with Crippen molar-refractivity contribution in [2.24, 2.45) is 5.73 Å². The topological polar surface area (TPSA) is 55.1 Å². The number of benzene rings is 1. The lowest BCUT2D eigenvalue weighted by molar-refractivity contribution is -0.121. The van der Waals surface area contributed by atoms with E-state index in [0.717, 1.165) is 37.7 Å². The van der Waals surface area contributed by atoms with Crippen molar-refractivity contribution in [3.63, 3.8) is 0 Å². The normalized spacial score (nSPS) is 17.1. The van der Waals surface area contributed by atoms with Gasteiger partial charge in [0, 0.05) is 18.4 Å². The predicted molar refractivity (Wildman–Crippen MR) is 77.8 cm³/mol. The smallest absolute Gasteiger partial charge is 0.220 e. The molecule has 3 N–H and O–H groups in total. The van der Waals surface area contributed by atoms with Gasteiger partial charge in [0.25, 0.3) is 0 Å². The van der Waals surface area contributed by atoms with E-state index in [2.05, 4.69) is 5.32 Å². The van der Waals surface area contributed by atoms with Gasteiger partial charge in [0.05, 0.1) is 0 Å². The first-order valence-corrected chi connectivity index (χ1v) is 7.39. The van der Waals surface area contributed by atoms with E-state index >= 15 is 0 Å². The zero-order valence-electron chi connectivity index (χ0n) is 11.8. The monoisotopic (exact) mass is 278 g/mol. The second kappa shape index (κ2) is 6.84. The lowest BCUT2D eigenvalue weighted by atomic mass is 9.79. The highest BCUT2D eigenvalue weighted by Crippen LogP contribution is 2.40. The standard InChI is InChI=1S/C16H23FN2O/c17-14-7-5-13(6-8-14)16(9-1-2-10-16)12-19-15(20)4-3-11-18/h5-8H,1-4,9-12,18H2,(H,19,20). The molecule has 0 saturated heterocycles. The first-order chi connectivity index (χ1) is 9.66. The van der Waals surface area contributed by atoms with Gasteiger partial charge in [-0.3, -0.25) is 4.79 Å². The van der Waals surface area contributed by atoms with E-state index in [1.165, 1.54) is 12.1 Å². The summed E-state index contributed by atoms with van der Waals surface area (Å²) in [6.45, 7) is 1.18. The average molecular weight is 278 g/mol. The van der Waals surface area contributed by atoms with Crippen molar-refractivity contribution in [2.45, 2.75) is 43.9 Å². The third-order valence-electron chi connectivity index (χ3n) is 4.25. The predicted octanol–water partition coefficient (Wildman–Crippen LogP) is 2.49. The molecule has 1 saturated carbocycles. The number of hydrogen-bond acceptors (Lipinski definition) is 2. The van der Waals surface area contributed by atoms with Gasteiger partial charge in [-0.25, -0.2) is 4.39 Å². The summed E-state index contributed by atoms with van der Waals surface area (Å²) in [6, 6.07) is 6.72. The Kier molecular flexibility index (Phi) is 5.12. The molecule has 1 aromatic rings. The van der Waals surface area contributed by atoms with E-state index < -0.39 is 0 Å². The Morgan fingerprint density at radius 2 is 1.90 bits per heavy atom. The molecule has 0 bridgehead atoms. The molecule has 1 aliphatic carbocycles. The minimum absolute atomic E-state index is 0.0218. The fourth-order valence-electron chi connectivity index (χ4n) is 3.04. The van der Waals surface area contributed by atoms with Crippen LogP contribution < -0.4 is 11.1 Å². The second-order valence-corrected chi connectivity index (χ2v) is 5.66. The number of halogens is 1. The molecule has 0 radical (unpaired) electrons. The van der Waals surface area contributed by atoms with Crippen molar-refractivity contribution >= 4 is 5.91 Å². The summed E-state index contributed by atoms with van der Waals surface area (Å²) in [7, 11) is 0. The Bertz CT molecular complexity index is 438. The number of carbonyl (C=O) groups is 1. The molecule has 1 fully saturated rings. The van der Waals surface area contributed by atoms with Gasteiger partial charge >= 0.3 is 0 Å². The van der Waals surface area contributed by atoms with E-state index in [4.69, 9.17) is 5.73 Å². The third kappa shape index (κ3) is 3.57. The fraction of sp³-hybridized carbons (Fsp3) is 0.562. The van der Waals surface area contributed by atoms with Gasteiger partial charge in [0.2, 0.25) is 5.91 Å². The minimum Gasteiger partial charge on any atom is -0.355 e. The van der Waals surface area contributed by atoms with Crippen LogP contribution in [0.15, 0.2) is 24.3 Å². The van der Waals surface area contributed by atoms with Crippen LogP contribution in [-0.2, 0) is 10.2 Å². The molecule has 0 aliphatic heterocycles. The highest BCUT2D eigenvalue weighted by atomic mass is 19.1. The van der Waals surface area contributed by atoms with Crippen LogP contribution in [0.4, 0.5) is 4.39 Å². The summed E-state index contributed by atoms with van der Waals surface area (Å²) in [6.07, 6.45) is 5.63. The van der Waals surface area contributed by atoms with Crippen LogP contribution in [0.2, 0.25) is 0 Å². The van der Waals surface area contributed by atoms with Crippen molar-refractivity contribution < 1.29 is 9.18 Å². The SMILES string of the molecule is NCCCC(=O)NCC1(c2ccc(F)cc2)CCCC1. The van der Waals surface area contributed by atoms with Crippen molar-refractivity contribution in [2.75, 3.05) is 13.1 Å². The molecule has 2 rings (SSSR count). The molecule has 1 amide bonds. The molecular formula is C16H23FN2O. The van der Waals surface area contributed by atoms with Gasteiger partial charge in [-0.15, -0.1) is 0 Å². The van der Waals surface area contributed by atoms with Crippen molar-refractivity contribution in [1.82, 2.24) is 5.32 Å². The molecule has 0 atom stereocenters. The summed E-state index contributed by atoms with van der Waals surface area (Å²) in [5.74, 6) is -0.155. The van der Waals surface area contributed by atoms with Crippen LogP contribution in [0.3, 0.4) is 0 Å². The molecule has 0 heterocycles.